The molecular formula is C12H12N4O10-2. The Labute approximate surface area is 144 Å². The van der Waals surface area contributed by atoms with E-state index in [1.165, 1.54) is 0 Å². The number of hydrogen-bond donors (Lipinski definition) is 2. The van der Waals surface area contributed by atoms with Crippen LogP contribution in [0.25, 0.3) is 0 Å². The molecule has 14 heteroatoms. The normalized spacial score (nSPS) is 38.2. The van der Waals surface area contributed by atoms with Gasteiger partial charge in [-0.15, -0.1) is 0 Å². The maximum atomic E-state index is 11.7. The summed E-state index contributed by atoms with van der Waals surface area (Å²) in [6, 6.07) is -1.39. The summed E-state index contributed by atoms with van der Waals surface area (Å²) in [7, 11) is 0. The van der Waals surface area contributed by atoms with Crippen molar-refractivity contribution in [2.75, 3.05) is 13.1 Å². The summed E-state index contributed by atoms with van der Waals surface area (Å²) in [4.78, 5) is 46.6. The Morgan fingerprint density at radius 1 is 0.808 bits per heavy atom. The number of hydrogen-bond acceptors (Lipinski definition) is 10. The lowest BCUT2D eigenvalue weighted by molar-refractivity contribution is -0.308. The van der Waals surface area contributed by atoms with E-state index >= 15 is 0 Å². The van der Waals surface area contributed by atoms with E-state index in [9.17, 15) is 29.4 Å². The average Bonchev–Trinajstić information content (AvgIpc) is 3.24. The molecule has 0 aromatic carbocycles. The van der Waals surface area contributed by atoms with E-state index in [1.54, 1.807) is 0 Å². The molecule has 4 aliphatic rings. The van der Waals surface area contributed by atoms with Gasteiger partial charge < -0.3 is 49.4 Å². The SMILES string of the molecule is O=C([O-])CN1C(=O)N[C@H]2O[C@H]([C@@H]3O[C@H]4NC(=O)N(CC(=O)[O-])[C@H]4O3)O[C@H]21. The van der Waals surface area contributed by atoms with Gasteiger partial charge >= 0.3 is 12.1 Å². The molecule has 0 spiro atoms. The van der Waals surface area contributed by atoms with Crippen molar-refractivity contribution in [1.82, 2.24) is 20.4 Å². The minimum absolute atomic E-state index is 0.694. The molecule has 14 nitrogen and oxygen atoms in total. The highest BCUT2D eigenvalue weighted by Gasteiger charge is 2.56. The maximum absolute atomic E-state index is 11.7. The predicted octanol–water partition coefficient (Wildman–Crippen LogP) is -5.41. The molecule has 4 aliphatic heterocycles. The second-order valence-corrected chi connectivity index (χ2v) is 5.80. The number of ether oxygens (including phenoxy) is 4. The van der Waals surface area contributed by atoms with Gasteiger partial charge in [0.25, 0.3) is 0 Å². The van der Waals surface area contributed by atoms with Crippen molar-refractivity contribution in [3.05, 3.63) is 0 Å². The molecule has 142 valence electrons. The van der Waals surface area contributed by atoms with Crippen LogP contribution in [0.2, 0.25) is 0 Å². The van der Waals surface area contributed by atoms with E-state index in [0.29, 0.717) is 0 Å². The van der Waals surface area contributed by atoms with E-state index in [1.807, 2.05) is 0 Å². The van der Waals surface area contributed by atoms with Gasteiger partial charge in [0.05, 0.1) is 25.0 Å². The Morgan fingerprint density at radius 2 is 1.19 bits per heavy atom. The zero-order valence-corrected chi connectivity index (χ0v) is 12.9. The van der Waals surface area contributed by atoms with E-state index in [0.717, 1.165) is 9.80 Å². The number of carboxylic acids is 2. The third-order valence-electron chi connectivity index (χ3n) is 4.12. The van der Waals surface area contributed by atoms with Crippen molar-refractivity contribution in [3.8, 4) is 0 Å². The molecule has 2 N–H and O–H groups in total. The van der Waals surface area contributed by atoms with Crippen LogP contribution in [0.4, 0.5) is 9.59 Å². The molecule has 0 unspecified atom stereocenters. The Hall–Kier alpha value is -2.68. The van der Waals surface area contributed by atoms with Gasteiger partial charge in [-0.25, -0.2) is 9.59 Å². The lowest BCUT2D eigenvalue weighted by Crippen LogP contribution is -2.46. The Balaban J connectivity index is 1.40. The number of amides is 4. The van der Waals surface area contributed by atoms with Crippen LogP contribution in [-0.2, 0) is 28.5 Å². The second kappa shape index (κ2) is 5.94. The summed E-state index contributed by atoms with van der Waals surface area (Å²) in [5, 5.41) is 26.3. The Bertz CT molecular complexity index is 616. The molecule has 4 heterocycles. The summed E-state index contributed by atoms with van der Waals surface area (Å²) < 4.78 is 21.8. The first kappa shape index (κ1) is 16.8. The lowest BCUT2D eigenvalue weighted by atomic mass is 10.4. The first-order chi connectivity index (χ1) is 12.3. The molecule has 4 amide bonds. The second-order valence-electron chi connectivity index (χ2n) is 5.80. The fourth-order valence-corrected chi connectivity index (χ4v) is 3.09. The van der Waals surface area contributed by atoms with Crippen molar-refractivity contribution >= 4 is 24.0 Å². The number of aliphatic carboxylic acids is 2. The fraction of sp³-hybridized carbons (Fsp3) is 0.667. The van der Waals surface area contributed by atoms with Gasteiger partial charge in [0.2, 0.25) is 12.6 Å². The molecule has 6 atom stereocenters. The molecule has 0 bridgehead atoms. The lowest BCUT2D eigenvalue weighted by Gasteiger charge is -2.25. The van der Waals surface area contributed by atoms with E-state index in [-0.39, 0.29) is 0 Å². The first-order valence-electron chi connectivity index (χ1n) is 7.49. The van der Waals surface area contributed by atoms with Gasteiger partial charge in [0.15, 0.2) is 24.9 Å². The molecule has 4 rings (SSSR count). The van der Waals surface area contributed by atoms with E-state index < -0.39 is 74.6 Å². The van der Waals surface area contributed by atoms with Crippen molar-refractivity contribution in [2.45, 2.75) is 37.5 Å². The smallest absolute Gasteiger partial charge is 0.322 e. The molecule has 0 aliphatic carbocycles. The van der Waals surface area contributed by atoms with Crippen molar-refractivity contribution in [3.63, 3.8) is 0 Å². The highest BCUT2D eigenvalue weighted by molar-refractivity contribution is 5.82. The molecular weight excluding hydrogens is 360 g/mol. The third kappa shape index (κ3) is 2.68. The highest BCUT2D eigenvalue weighted by Crippen LogP contribution is 2.34. The summed E-state index contributed by atoms with van der Waals surface area (Å²) >= 11 is 0. The van der Waals surface area contributed by atoms with Crippen molar-refractivity contribution in [2.24, 2.45) is 0 Å². The molecule has 4 saturated heterocycles. The van der Waals surface area contributed by atoms with Crippen LogP contribution in [-0.4, -0.2) is 84.4 Å². The van der Waals surface area contributed by atoms with Crippen LogP contribution in [0.5, 0.6) is 0 Å². The van der Waals surface area contributed by atoms with Crippen LogP contribution < -0.4 is 20.8 Å². The largest absolute Gasteiger partial charge is 0.548 e. The van der Waals surface area contributed by atoms with Crippen LogP contribution in [0.1, 0.15) is 0 Å². The number of nitrogens with one attached hydrogen (secondary N) is 2. The number of carbonyl (C=O) groups is 4. The Kier molecular flexibility index (Phi) is 3.83. The summed E-state index contributed by atoms with van der Waals surface area (Å²) in [5.41, 5.74) is 0. The van der Waals surface area contributed by atoms with Crippen LogP contribution in [0, 0.1) is 0 Å². The van der Waals surface area contributed by atoms with Gasteiger partial charge in [-0.1, -0.05) is 0 Å². The molecule has 0 aromatic heterocycles. The number of rotatable bonds is 5. The zero-order valence-electron chi connectivity index (χ0n) is 12.9. The topological polar surface area (TPSA) is 182 Å². The van der Waals surface area contributed by atoms with Gasteiger partial charge in [-0.2, -0.15) is 0 Å². The highest BCUT2D eigenvalue weighted by atomic mass is 16.8. The van der Waals surface area contributed by atoms with Crippen molar-refractivity contribution in [1.29, 1.82) is 0 Å². The third-order valence-corrected chi connectivity index (χ3v) is 4.12. The fourth-order valence-electron chi connectivity index (χ4n) is 3.09. The van der Waals surface area contributed by atoms with E-state index in [2.05, 4.69) is 10.6 Å². The molecule has 0 aromatic rings. The Morgan fingerprint density at radius 3 is 1.54 bits per heavy atom. The average molecular weight is 372 g/mol. The number of urea groups is 2. The number of carboxylic acid groups (broad SMARTS) is 2. The van der Waals surface area contributed by atoms with Gasteiger partial charge in [0.1, 0.15) is 0 Å². The van der Waals surface area contributed by atoms with E-state index in [4.69, 9.17) is 18.9 Å². The van der Waals surface area contributed by atoms with Gasteiger partial charge in [0, 0.05) is 0 Å². The molecule has 0 radical (unpaired) electrons. The van der Waals surface area contributed by atoms with Crippen LogP contribution >= 0.6 is 0 Å². The van der Waals surface area contributed by atoms with Gasteiger partial charge in [-0.3, -0.25) is 9.80 Å². The summed E-state index contributed by atoms with van der Waals surface area (Å²) in [6.45, 7) is -1.40. The minimum atomic E-state index is -1.48. The van der Waals surface area contributed by atoms with Crippen molar-refractivity contribution < 1.29 is 48.3 Å². The number of fused-ring (bicyclic) bond motifs is 2. The minimum Gasteiger partial charge on any atom is -0.548 e. The zero-order chi connectivity index (χ0) is 18.6. The standard InChI is InChI=1S/C12H14N4O10/c17-3(18)1-15-7-5(13-11(15)21)23-9(25-7)10-24-6-8(26-10)16(2-4(19)20)12(22)14-6/h5-10H,1-2H2,(H,13,21)(H,14,22)(H,17,18)(H,19,20)/p-2/t5-,6+,7+,8-,9-,10+. The van der Waals surface area contributed by atoms with Crippen LogP contribution in [0.15, 0.2) is 0 Å². The van der Waals surface area contributed by atoms with Gasteiger partial charge in [-0.05, 0) is 0 Å². The summed E-state index contributed by atoms with van der Waals surface area (Å²) in [6.07, 6.45) is -6.27. The molecule has 26 heavy (non-hydrogen) atoms. The summed E-state index contributed by atoms with van der Waals surface area (Å²) in [5.74, 6) is -2.95. The monoisotopic (exact) mass is 372 g/mol. The van der Waals surface area contributed by atoms with Crippen LogP contribution in [0.3, 0.4) is 0 Å². The maximum Gasteiger partial charge on any atom is 0.322 e. The quantitative estimate of drug-likeness (QED) is 0.472. The molecule has 4 fully saturated rings. The number of nitrogens with zero attached hydrogens (tertiary/aromatic N) is 2. The predicted molar refractivity (Wildman–Crippen MR) is 67.6 cm³/mol. The first-order valence-corrected chi connectivity index (χ1v) is 7.49. The number of carbonyl (C=O) groups excluding carboxylic acids is 4. The molecule has 0 saturated carbocycles.